The molecule has 2 aromatic carbocycles. The van der Waals surface area contributed by atoms with Crippen LogP contribution in [0.3, 0.4) is 0 Å². The maximum atomic E-state index is 12.1. The maximum Gasteiger partial charge on any atom is 0.255 e. The average molecular weight is 304 g/mol. The zero-order valence-electron chi connectivity index (χ0n) is 10.3. The van der Waals surface area contributed by atoms with Crippen molar-refractivity contribution in [1.29, 1.82) is 0 Å². The summed E-state index contributed by atoms with van der Waals surface area (Å²) in [5.74, 6) is -0.0942. The van der Waals surface area contributed by atoms with E-state index < -0.39 is 0 Å². The van der Waals surface area contributed by atoms with Gasteiger partial charge in [-0.1, -0.05) is 33.6 Å². The summed E-state index contributed by atoms with van der Waals surface area (Å²) in [4.78, 5) is 12.1. The van der Waals surface area contributed by atoms with Gasteiger partial charge in [-0.3, -0.25) is 4.79 Å². The molecular formula is C15H14BrNO. The van der Waals surface area contributed by atoms with Gasteiger partial charge in [-0.15, -0.1) is 0 Å². The zero-order chi connectivity index (χ0) is 13.1. The van der Waals surface area contributed by atoms with Gasteiger partial charge in [0.2, 0.25) is 0 Å². The zero-order valence-corrected chi connectivity index (χ0v) is 11.9. The van der Waals surface area contributed by atoms with Crippen molar-refractivity contribution in [3.8, 4) is 0 Å². The number of aryl methyl sites for hydroxylation is 2. The molecule has 0 atom stereocenters. The third-order valence-corrected chi connectivity index (χ3v) is 3.07. The van der Waals surface area contributed by atoms with Crippen LogP contribution >= 0.6 is 15.9 Å². The highest BCUT2D eigenvalue weighted by Crippen LogP contribution is 2.17. The van der Waals surface area contributed by atoms with Crippen molar-refractivity contribution in [3.05, 3.63) is 63.6 Å². The summed E-state index contributed by atoms with van der Waals surface area (Å²) in [6, 6.07) is 13.4. The Morgan fingerprint density at radius 1 is 1.00 bits per heavy atom. The Kier molecular flexibility index (Phi) is 3.82. The van der Waals surface area contributed by atoms with Gasteiger partial charge >= 0.3 is 0 Å². The molecule has 0 radical (unpaired) electrons. The van der Waals surface area contributed by atoms with Crippen LogP contribution in [0.4, 0.5) is 5.69 Å². The van der Waals surface area contributed by atoms with Crippen LogP contribution < -0.4 is 5.32 Å². The van der Waals surface area contributed by atoms with Crippen molar-refractivity contribution in [2.24, 2.45) is 0 Å². The van der Waals surface area contributed by atoms with Crippen molar-refractivity contribution in [2.75, 3.05) is 5.32 Å². The molecule has 3 heteroatoms. The predicted octanol–water partition coefficient (Wildman–Crippen LogP) is 4.32. The lowest BCUT2D eigenvalue weighted by Crippen LogP contribution is -2.12. The van der Waals surface area contributed by atoms with E-state index in [0.29, 0.717) is 5.56 Å². The number of hydrogen-bond acceptors (Lipinski definition) is 1. The van der Waals surface area contributed by atoms with Gasteiger partial charge in [0, 0.05) is 15.7 Å². The van der Waals surface area contributed by atoms with Crippen LogP contribution in [0.1, 0.15) is 21.5 Å². The lowest BCUT2D eigenvalue weighted by molar-refractivity contribution is 0.102. The monoisotopic (exact) mass is 303 g/mol. The van der Waals surface area contributed by atoms with E-state index in [1.54, 1.807) is 0 Å². The lowest BCUT2D eigenvalue weighted by atomic mass is 10.1. The molecule has 0 bridgehead atoms. The molecule has 0 heterocycles. The fourth-order valence-corrected chi connectivity index (χ4v) is 2.32. The molecule has 1 N–H and O–H groups in total. The summed E-state index contributed by atoms with van der Waals surface area (Å²) in [5.41, 5.74) is 3.69. The van der Waals surface area contributed by atoms with Crippen LogP contribution in [0, 0.1) is 13.8 Å². The van der Waals surface area contributed by atoms with E-state index in [9.17, 15) is 4.79 Å². The second-order valence-corrected chi connectivity index (χ2v) is 5.25. The van der Waals surface area contributed by atoms with Gasteiger partial charge in [0.1, 0.15) is 0 Å². The largest absolute Gasteiger partial charge is 0.322 e. The predicted molar refractivity (Wildman–Crippen MR) is 78.0 cm³/mol. The molecule has 0 aliphatic heterocycles. The number of hydrogen-bond donors (Lipinski definition) is 1. The van der Waals surface area contributed by atoms with Gasteiger partial charge < -0.3 is 5.32 Å². The van der Waals surface area contributed by atoms with E-state index in [1.807, 2.05) is 56.3 Å². The number of benzene rings is 2. The minimum absolute atomic E-state index is 0.0942. The first kappa shape index (κ1) is 12.8. The molecule has 2 rings (SSSR count). The molecule has 1 amide bonds. The minimum atomic E-state index is -0.0942. The number of rotatable bonds is 2. The van der Waals surface area contributed by atoms with Crippen LogP contribution in [0.5, 0.6) is 0 Å². The molecule has 0 fully saturated rings. The SMILES string of the molecule is Cc1ccc(NC(=O)c2cc(C)cc(Br)c2)cc1. The highest BCUT2D eigenvalue weighted by molar-refractivity contribution is 9.10. The third-order valence-electron chi connectivity index (χ3n) is 2.61. The van der Waals surface area contributed by atoms with Gasteiger partial charge in [-0.25, -0.2) is 0 Å². The van der Waals surface area contributed by atoms with E-state index in [0.717, 1.165) is 15.7 Å². The second-order valence-electron chi connectivity index (χ2n) is 4.34. The fraction of sp³-hybridized carbons (Fsp3) is 0.133. The first-order valence-electron chi connectivity index (χ1n) is 5.70. The van der Waals surface area contributed by atoms with E-state index >= 15 is 0 Å². The van der Waals surface area contributed by atoms with E-state index in [2.05, 4.69) is 21.2 Å². The number of carbonyl (C=O) groups excluding carboxylic acids is 1. The van der Waals surface area contributed by atoms with E-state index in [1.165, 1.54) is 5.56 Å². The summed E-state index contributed by atoms with van der Waals surface area (Å²) < 4.78 is 0.913. The molecule has 0 saturated heterocycles. The first-order valence-corrected chi connectivity index (χ1v) is 6.49. The van der Waals surface area contributed by atoms with Crippen LogP contribution in [-0.2, 0) is 0 Å². The normalized spacial score (nSPS) is 10.2. The van der Waals surface area contributed by atoms with Crippen LogP contribution in [0.25, 0.3) is 0 Å². The highest BCUT2D eigenvalue weighted by atomic mass is 79.9. The molecule has 0 aromatic heterocycles. The van der Waals surface area contributed by atoms with Gasteiger partial charge in [0.05, 0.1) is 0 Å². The molecule has 2 nitrogen and oxygen atoms in total. The number of nitrogens with one attached hydrogen (secondary N) is 1. The van der Waals surface area contributed by atoms with Gasteiger partial charge in [0.25, 0.3) is 5.91 Å². The fourth-order valence-electron chi connectivity index (χ4n) is 1.71. The Balaban J connectivity index is 2.19. The third kappa shape index (κ3) is 3.20. The van der Waals surface area contributed by atoms with Crippen molar-refractivity contribution in [1.82, 2.24) is 0 Å². The molecule has 0 aliphatic rings. The van der Waals surface area contributed by atoms with Crippen LogP contribution in [0.2, 0.25) is 0 Å². The average Bonchev–Trinajstić information content (AvgIpc) is 2.31. The molecule has 0 spiro atoms. The second kappa shape index (κ2) is 5.36. The summed E-state index contributed by atoms with van der Waals surface area (Å²) >= 11 is 3.40. The Bertz CT molecular complexity index is 555. The van der Waals surface area contributed by atoms with Gasteiger partial charge in [-0.2, -0.15) is 0 Å². The molecule has 18 heavy (non-hydrogen) atoms. The van der Waals surface area contributed by atoms with Gasteiger partial charge in [0.15, 0.2) is 0 Å². The smallest absolute Gasteiger partial charge is 0.255 e. The lowest BCUT2D eigenvalue weighted by Gasteiger charge is -2.07. The standard InChI is InChI=1S/C15H14BrNO/c1-10-3-5-14(6-4-10)17-15(18)12-7-11(2)8-13(16)9-12/h3-9H,1-2H3,(H,17,18). The van der Waals surface area contributed by atoms with Crippen molar-refractivity contribution in [3.63, 3.8) is 0 Å². The molecule has 92 valence electrons. The van der Waals surface area contributed by atoms with E-state index in [-0.39, 0.29) is 5.91 Å². The molecular weight excluding hydrogens is 290 g/mol. The maximum absolute atomic E-state index is 12.1. The Hall–Kier alpha value is -1.61. The molecule has 2 aromatic rings. The molecule has 0 unspecified atom stereocenters. The topological polar surface area (TPSA) is 29.1 Å². The minimum Gasteiger partial charge on any atom is -0.322 e. The van der Waals surface area contributed by atoms with E-state index in [4.69, 9.17) is 0 Å². The number of carbonyl (C=O) groups is 1. The molecule has 0 aliphatic carbocycles. The Morgan fingerprint density at radius 3 is 2.28 bits per heavy atom. The Labute approximate surface area is 115 Å². The summed E-state index contributed by atoms with van der Waals surface area (Å²) in [6.07, 6.45) is 0. The van der Waals surface area contributed by atoms with Crippen molar-refractivity contribution >= 4 is 27.5 Å². The molecule has 0 saturated carbocycles. The van der Waals surface area contributed by atoms with Gasteiger partial charge in [-0.05, 0) is 49.7 Å². The number of anilines is 1. The summed E-state index contributed by atoms with van der Waals surface area (Å²) in [7, 11) is 0. The highest BCUT2D eigenvalue weighted by Gasteiger charge is 2.07. The number of amides is 1. The number of halogens is 1. The van der Waals surface area contributed by atoms with Crippen molar-refractivity contribution in [2.45, 2.75) is 13.8 Å². The summed E-state index contributed by atoms with van der Waals surface area (Å²) in [6.45, 7) is 3.98. The Morgan fingerprint density at radius 2 is 1.67 bits per heavy atom. The van der Waals surface area contributed by atoms with Crippen molar-refractivity contribution < 1.29 is 4.79 Å². The summed E-state index contributed by atoms with van der Waals surface area (Å²) in [5, 5.41) is 2.88. The van der Waals surface area contributed by atoms with Crippen LogP contribution in [0.15, 0.2) is 46.9 Å². The van der Waals surface area contributed by atoms with Crippen LogP contribution in [-0.4, -0.2) is 5.91 Å². The quantitative estimate of drug-likeness (QED) is 0.879. The first-order chi connectivity index (χ1) is 8.54.